The van der Waals surface area contributed by atoms with Crippen LogP contribution in [-0.2, 0) is 0 Å². The van der Waals surface area contributed by atoms with Gasteiger partial charge in [0.25, 0.3) is 0 Å². The minimum Gasteiger partial charge on any atom is -0.312 e. The number of benzene rings is 1. The van der Waals surface area contributed by atoms with Crippen LogP contribution >= 0.6 is 0 Å². The van der Waals surface area contributed by atoms with Crippen LogP contribution in [0.5, 0.6) is 0 Å². The summed E-state index contributed by atoms with van der Waals surface area (Å²) in [4.78, 5) is 2.60. The van der Waals surface area contributed by atoms with E-state index in [1.807, 2.05) is 0 Å². The molecule has 0 aliphatic rings. The summed E-state index contributed by atoms with van der Waals surface area (Å²) in [5.74, 6) is 0.821. The van der Waals surface area contributed by atoms with Gasteiger partial charge in [-0.3, -0.25) is 0 Å². The lowest BCUT2D eigenvalue weighted by Crippen LogP contribution is -2.37. The van der Waals surface area contributed by atoms with Crippen LogP contribution in [0.2, 0.25) is 0 Å². The number of nitrogens with one attached hydrogen (secondary N) is 1. The van der Waals surface area contributed by atoms with Crippen LogP contribution in [0.3, 0.4) is 0 Å². The molecule has 1 aromatic rings. The fraction of sp³-hybridized carbons (Fsp3) is 0.684. The van der Waals surface area contributed by atoms with Crippen LogP contribution in [0, 0.1) is 19.8 Å². The van der Waals surface area contributed by atoms with Gasteiger partial charge in [0.05, 0.1) is 0 Å². The zero-order valence-corrected chi connectivity index (χ0v) is 14.9. The van der Waals surface area contributed by atoms with E-state index in [0.717, 1.165) is 19.0 Å². The van der Waals surface area contributed by atoms with Gasteiger partial charge in [-0.05, 0) is 44.5 Å². The molecule has 21 heavy (non-hydrogen) atoms. The fourth-order valence-electron chi connectivity index (χ4n) is 3.06. The van der Waals surface area contributed by atoms with E-state index in [1.54, 1.807) is 0 Å². The highest BCUT2D eigenvalue weighted by Gasteiger charge is 2.17. The van der Waals surface area contributed by atoms with Crippen LogP contribution in [0.25, 0.3) is 0 Å². The quantitative estimate of drug-likeness (QED) is 0.728. The summed E-state index contributed by atoms with van der Waals surface area (Å²) in [7, 11) is 2.08. The first-order valence-electron chi connectivity index (χ1n) is 8.52. The molecule has 0 spiro atoms. The predicted octanol–water partition coefficient (Wildman–Crippen LogP) is 4.32. The second-order valence-electron chi connectivity index (χ2n) is 6.24. The standard InChI is InChI=1S/C19H34N2/c1-7-17(8-2)13-21(9-3)14-19(20-6)18-11-10-15(4)12-16(18)5/h10-12,17,19-20H,7-9,13-14H2,1-6H3. The molecule has 0 saturated heterocycles. The Balaban J connectivity index is 2.79. The maximum Gasteiger partial charge on any atom is 0.0449 e. The summed E-state index contributed by atoms with van der Waals surface area (Å²) in [6.07, 6.45) is 2.56. The number of hydrogen-bond acceptors (Lipinski definition) is 2. The van der Waals surface area contributed by atoms with E-state index in [4.69, 9.17) is 0 Å². The van der Waals surface area contributed by atoms with E-state index in [0.29, 0.717) is 6.04 Å². The summed E-state index contributed by atoms with van der Waals surface area (Å²) in [6, 6.07) is 7.22. The maximum atomic E-state index is 3.51. The van der Waals surface area contributed by atoms with E-state index in [1.165, 1.54) is 36.1 Å². The first-order valence-corrected chi connectivity index (χ1v) is 8.52. The van der Waals surface area contributed by atoms with Crippen molar-refractivity contribution in [3.05, 3.63) is 34.9 Å². The second kappa shape index (κ2) is 9.22. The van der Waals surface area contributed by atoms with Crippen molar-refractivity contribution in [2.45, 2.75) is 53.5 Å². The van der Waals surface area contributed by atoms with Crippen molar-refractivity contribution < 1.29 is 0 Å². The van der Waals surface area contributed by atoms with E-state index < -0.39 is 0 Å². The zero-order valence-electron chi connectivity index (χ0n) is 14.9. The molecule has 1 aromatic carbocycles. The molecule has 1 unspecified atom stereocenters. The normalized spacial score (nSPS) is 13.1. The highest BCUT2D eigenvalue weighted by Crippen LogP contribution is 2.21. The number of nitrogens with zero attached hydrogens (tertiary/aromatic N) is 1. The molecule has 0 aromatic heterocycles. The minimum absolute atomic E-state index is 0.417. The first-order chi connectivity index (χ1) is 10.0. The molecule has 1 rings (SSSR count). The lowest BCUT2D eigenvalue weighted by molar-refractivity contribution is 0.213. The van der Waals surface area contributed by atoms with Crippen molar-refractivity contribution in [3.8, 4) is 0 Å². The monoisotopic (exact) mass is 290 g/mol. The Hall–Kier alpha value is -0.860. The van der Waals surface area contributed by atoms with Gasteiger partial charge in [0, 0.05) is 19.1 Å². The van der Waals surface area contributed by atoms with Gasteiger partial charge in [-0.15, -0.1) is 0 Å². The lowest BCUT2D eigenvalue weighted by atomic mass is 9.98. The molecule has 1 N–H and O–H groups in total. The van der Waals surface area contributed by atoms with Gasteiger partial charge >= 0.3 is 0 Å². The van der Waals surface area contributed by atoms with Crippen molar-refractivity contribution in [1.82, 2.24) is 10.2 Å². The fourth-order valence-corrected chi connectivity index (χ4v) is 3.06. The Bertz CT molecular complexity index is 410. The van der Waals surface area contributed by atoms with Crippen LogP contribution in [0.1, 0.15) is 56.3 Å². The third kappa shape index (κ3) is 5.44. The van der Waals surface area contributed by atoms with Gasteiger partial charge in [0.1, 0.15) is 0 Å². The van der Waals surface area contributed by atoms with Crippen LogP contribution in [0.4, 0.5) is 0 Å². The average molecular weight is 290 g/mol. The summed E-state index contributed by atoms with van der Waals surface area (Å²) < 4.78 is 0. The largest absolute Gasteiger partial charge is 0.312 e. The summed E-state index contributed by atoms with van der Waals surface area (Å²) in [6.45, 7) is 14.7. The molecular formula is C19H34N2. The van der Waals surface area contributed by atoms with Gasteiger partial charge in [0.15, 0.2) is 0 Å². The molecule has 2 heteroatoms. The molecule has 0 fully saturated rings. The van der Waals surface area contributed by atoms with Crippen LogP contribution in [-0.4, -0.2) is 31.6 Å². The molecule has 2 nitrogen and oxygen atoms in total. The van der Waals surface area contributed by atoms with Gasteiger partial charge in [-0.25, -0.2) is 0 Å². The smallest absolute Gasteiger partial charge is 0.0449 e. The summed E-state index contributed by atoms with van der Waals surface area (Å²) in [5.41, 5.74) is 4.18. The molecule has 0 bridgehead atoms. The third-order valence-electron chi connectivity index (χ3n) is 4.71. The lowest BCUT2D eigenvalue weighted by Gasteiger charge is -2.30. The minimum atomic E-state index is 0.417. The molecule has 0 aliphatic carbocycles. The van der Waals surface area contributed by atoms with Crippen molar-refractivity contribution in [1.29, 1.82) is 0 Å². The maximum absolute atomic E-state index is 3.51. The van der Waals surface area contributed by atoms with Crippen molar-refractivity contribution in [2.75, 3.05) is 26.7 Å². The Morgan fingerprint density at radius 1 is 1.05 bits per heavy atom. The molecule has 0 saturated carbocycles. The van der Waals surface area contributed by atoms with Gasteiger partial charge in [0.2, 0.25) is 0 Å². The summed E-state index contributed by atoms with van der Waals surface area (Å²) in [5, 5.41) is 3.51. The third-order valence-corrected chi connectivity index (χ3v) is 4.71. The summed E-state index contributed by atoms with van der Waals surface area (Å²) >= 11 is 0. The first kappa shape index (κ1) is 18.2. The second-order valence-corrected chi connectivity index (χ2v) is 6.24. The van der Waals surface area contributed by atoms with Crippen molar-refractivity contribution in [3.63, 3.8) is 0 Å². The topological polar surface area (TPSA) is 15.3 Å². The Labute approximate surface area is 131 Å². The molecule has 0 amide bonds. The Morgan fingerprint density at radius 3 is 2.19 bits per heavy atom. The van der Waals surface area contributed by atoms with E-state index >= 15 is 0 Å². The van der Waals surface area contributed by atoms with Crippen molar-refractivity contribution in [2.24, 2.45) is 5.92 Å². The molecule has 120 valence electrons. The Morgan fingerprint density at radius 2 is 1.71 bits per heavy atom. The van der Waals surface area contributed by atoms with Crippen LogP contribution in [0.15, 0.2) is 18.2 Å². The predicted molar refractivity (Wildman–Crippen MR) is 93.9 cm³/mol. The number of aryl methyl sites for hydroxylation is 2. The van der Waals surface area contributed by atoms with Gasteiger partial charge in [-0.2, -0.15) is 0 Å². The van der Waals surface area contributed by atoms with Gasteiger partial charge < -0.3 is 10.2 Å². The highest BCUT2D eigenvalue weighted by atomic mass is 15.1. The Kier molecular flexibility index (Phi) is 7.98. The SMILES string of the molecule is CCC(CC)CN(CC)CC(NC)c1ccc(C)cc1C. The molecule has 0 radical (unpaired) electrons. The van der Waals surface area contributed by atoms with Gasteiger partial charge in [-0.1, -0.05) is 57.4 Å². The van der Waals surface area contributed by atoms with E-state index in [2.05, 4.69) is 70.1 Å². The number of likely N-dealkylation sites (N-methyl/N-ethyl adjacent to an activating group) is 2. The highest BCUT2D eigenvalue weighted by molar-refractivity contribution is 5.33. The zero-order chi connectivity index (χ0) is 15.8. The number of hydrogen-bond donors (Lipinski definition) is 1. The molecule has 0 aliphatic heterocycles. The van der Waals surface area contributed by atoms with Crippen LogP contribution < -0.4 is 5.32 Å². The van der Waals surface area contributed by atoms with E-state index in [9.17, 15) is 0 Å². The van der Waals surface area contributed by atoms with Crippen molar-refractivity contribution >= 4 is 0 Å². The molecule has 1 atom stereocenters. The molecule has 0 heterocycles. The average Bonchev–Trinajstić information content (AvgIpc) is 2.48. The van der Waals surface area contributed by atoms with E-state index in [-0.39, 0.29) is 0 Å². The number of rotatable bonds is 9. The molecular weight excluding hydrogens is 256 g/mol.